The summed E-state index contributed by atoms with van der Waals surface area (Å²) in [5.74, 6) is 1.17. The molecule has 0 aliphatic heterocycles. The molecule has 3 heteroatoms. The maximum Gasteiger partial charge on any atom is 0.0409 e. The quantitative estimate of drug-likeness (QED) is 0.727. The van der Waals surface area contributed by atoms with Gasteiger partial charge in [0.05, 0.1) is 0 Å². The van der Waals surface area contributed by atoms with Crippen molar-refractivity contribution >= 4 is 17.4 Å². The van der Waals surface area contributed by atoms with Gasteiger partial charge in [0.1, 0.15) is 0 Å². The van der Waals surface area contributed by atoms with Crippen LogP contribution in [0.5, 0.6) is 0 Å². The van der Waals surface area contributed by atoms with E-state index in [0.717, 1.165) is 19.6 Å². The molecule has 2 nitrogen and oxygen atoms in total. The second-order valence-corrected chi connectivity index (χ2v) is 5.71. The number of hydrogen-bond donors (Lipinski definition) is 1. The van der Waals surface area contributed by atoms with Gasteiger partial charge in [-0.05, 0) is 37.8 Å². The van der Waals surface area contributed by atoms with Crippen molar-refractivity contribution in [3.8, 4) is 0 Å². The van der Waals surface area contributed by atoms with Crippen molar-refractivity contribution in [2.75, 3.05) is 37.0 Å². The minimum atomic E-state index is 0.967. The van der Waals surface area contributed by atoms with E-state index in [0.29, 0.717) is 0 Å². The van der Waals surface area contributed by atoms with Gasteiger partial charge in [-0.3, -0.25) is 0 Å². The van der Waals surface area contributed by atoms with Crippen molar-refractivity contribution in [3.63, 3.8) is 0 Å². The third-order valence-electron chi connectivity index (χ3n) is 3.02. The first-order chi connectivity index (χ1) is 8.69. The average Bonchev–Trinajstić information content (AvgIpc) is 2.36. The van der Waals surface area contributed by atoms with Crippen molar-refractivity contribution in [2.45, 2.75) is 26.8 Å². The Morgan fingerprint density at radius 2 is 2.11 bits per heavy atom. The number of nitrogens with zero attached hydrogens (tertiary/aromatic N) is 1. The summed E-state index contributed by atoms with van der Waals surface area (Å²) in [4.78, 5) is 2.36. The van der Waals surface area contributed by atoms with Gasteiger partial charge in [-0.1, -0.05) is 24.6 Å². The number of hydrogen-bond acceptors (Lipinski definition) is 3. The van der Waals surface area contributed by atoms with E-state index in [1.807, 2.05) is 11.8 Å². The van der Waals surface area contributed by atoms with Gasteiger partial charge >= 0.3 is 0 Å². The molecule has 0 spiro atoms. The van der Waals surface area contributed by atoms with Crippen LogP contribution in [-0.4, -0.2) is 32.1 Å². The summed E-state index contributed by atoms with van der Waals surface area (Å²) >= 11 is 1.90. The van der Waals surface area contributed by atoms with E-state index in [9.17, 15) is 0 Å². The smallest absolute Gasteiger partial charge is 0.0409 e. The Labute approximate surface area is 116 Å². The van der Waals surface area contributed by atoms with Gasteiger partial charge < -0.3 is 10.2 Å². The standard InChI is InChI=1S/C15H26N2S/c1-5-8-16-12-14-11-13(2)6-7-15(14)17(3)9-10-18-4/h6-7,11,16H,5,8-10,12H2,1-4H3. The van der Waals surface area contributed by atoms with Gasteiger partial charge in [-0.2, -0.15) is 11.8 Å². The molecular formula is C15H26N2S. The number of benzene rings is 1. The normalized spacial score (nSPS) is 10.7. The van der Waals surface area contributed by atoms with Gasteiger partial charge in [-0.25, -0.2) is 0 Å². The molecule has 0 saturated heterocycles. The van der Waals surface area contributed by atoms with Crippen LogP contribution < -0.4 is 10.2 Å². The fraction of sp³-hybridized carbons (Fsp3) is 0.600. The fourth-order valence-electron chi connectivity index (χ4n) is 1.98. The molecule has 0 aliphatic carbocycles. The molecule has 0 aliphatic rings. The molecular weight excluding hydrogens is 240 g/mol. The van der Waals surface area contributed by atoms with Gasteiger partial charge in [0.25, 0.3) is 0 Å². The number of rotatable bonds is 8. The Balaban J connectivity index is 2.74. The van der Waals surface area contributed by atoms with E-state index < -0.39 is 0 Å². The van der Waals surface area contributed by atoms with Crippen LogP contribution in [0.1, 0.15) is 24.5 Å². The van der Waals surface area contributed by atoms with Crippen LogP contribution in [-0.2, 0) is 6.54 Å². The average molecular weight is 266 g/mol. The molecule has 1 N–H and O–H groups in total. The lowest BCUT2D eigenvalue weighted by Crippen LogP contribution is -2.23. The molecule has 102 valence electrons. The minimum Gasteiger partial charge on any atom is -0.374 e. The highest BCUT2D eigenvalue weighted by Gasteiger charge is 2.07. The van der Waals surface area contributed by atoms with Gasteiger partial charge in [0.15, 0.2) is 0 Å². The predicted molar refractivity (Wildman–Crippen MR) is 84.8 cm³/mol. The Hall–Kier alpha value is -0.670. The maximum atomic E-state index is 3.50. The summed E-state index contributed by atoms with van der Waals surface area (Å²) in [6.07, 6.45) is 3.34. The van der Waals surface area contributed by atoms with Crippen LogP contribution in [0.2, 0.25) is 0 Å². The SMILES string of the molecule is CCCNCc1cc(C)ccc1N(C)CCSC. The van der Waals surface area contributed by atoms with Crippen LogP contribution in [0.15, 0.2) is 18.2 Å². The molecule has 0 bridgehead atoms. The molecule has 0 unspecified atom stereocenters. The molecule has 18 heavy (non-hydrogen) atoms. The van der Waals surface area contributed by atoms with E-state index in [4.69, 9.17) is 0 Å². The van der Waals surface area contributed by atoms with Crippen LogP contribution in [0.25, 0.3) is 0 Å². The molecule has 0 atom stereocenters. The van der Waals surface area contributed by atoms with Gasteiger partial charge in [0.2, 0.25) is 0 Å². The molecule has 1 aromatic rings. The number of thioether (sulfide) groups is 1. The Bertz CT molecular complexity index is 352. The van der Waals surface area contributed by atoms with Crippen molar-refractivity contribution in [1.82, 2.24) is 5.32 Å². The minimum absolute atomic E-state index is 0.967. The molecule has 0 radical (unpaired) electrons. The van der Waals surface area contributed by atoms with Crippen LogP contribution in [0, 0.1) is 6.92 Å². The Kier molecular flexibility index (Phi) is 7.21. The molecule has 1 rings (SSSR count). The zero-order valence-corrected chi connectivity index (χ0v) is 12.9. The second kappa shape index (κ2) is 8.44. The zero-order valence-electron chi connectivity index (χ0n) is 12.1. The summed E-state index contributed by atoms with van der Waals surface area (Å²) < 4.78 is 0. The number of nitrogens with one attached hydrogen (secondary N) is 1. The van der Waals surface area contributed by atoms with Crippen LogP contribution in [0.4, 0.5) is 5.69 Å². The largest absolute Gasteiger partial charge is 0.374 e. The Morgan fingerprint density at radius 3 is 2.78 bits per heavy atom. The van der Waals surface area contributed by atoms with Gasteiger partial charge in [0, 0.05) is 31.6 Å². The highest BCUT2D eigenvalue weighted by molar-refractivity contribution is 7.98. The summed E-state index contributed by atoms with van der Waals surface area (Å²) in [6.45, 7) is 7.52. The summed E-state index contributed by atoms with van der Waals surface area (Å²) in [6, 6.07) is 6.75. The third-order valence-corrected chi connectivity index (χ3v) is 3.61. The first kappa shape index (κ1) is 15.4. The van der Waals surface area contributed by atoms with Gasteiger partial charge in [-0.15, -0.1) is 0 Å². The summed E-state index contributed by atoms with van der Waals surface area (Å²) in [5.41, 5.74) is 4.11. The van der Waals surface area contributed by atoms with Crippen LogP contribution >= 0.6 is 11.8 Å². The van der Waals surface area contributed by atoms with E-state index in [2.05, 4.69) is 55.6 Å². The first-order valence-corrected chi connectivity index (χ1v) is 8.08. The third kappa shape index (κ3) is 4.91. The number of anilines is 1. The topological polar surface area (TPSA) is 15.3 Å². The number of aryl methyl sites for hydroxylation is 1. The summed E-state index contributed by atoms with van der Waals surface area (Å²) in [7, 11) is 2.18. The molecule has 0 aromatic heterocycles. The lowest BCUT2D eigenvalue weighted by Gasteiger charge is -2.23. The maximum absolute atomic E-state index is 3.50. The monoisotopic (exact) mass is 266 g/mol. The van der Waals surface area contributed by atoms with E-state index in [1.54, 1.807) is 0 Å². The highest BCUT2D eigenvalue weighted by Crippen LogP contribution is 2.21. The van der Waals surface area contributed by atoms with Crippen molar-refractivity contribution in [3.05, 3.63) is 29.3 Å². The first-order valence-electron chi connectivity index (χ1n) is 6.69. The fourth-order valence-corrected chi connectivity index (χ4v) is 2.43. The molecule has 0 amide bonds. The summed E-state index contributed by atoms with van der Waals surface area (Å²) in [5, 5.41) is 3.50. The van der Waals surface area contributed by atoms with Crippen LogP contribution in [0.3, 0.4) is 0 Å². The van der Waals surface area contributed by atoms with Crippen molar-refractivity contribution < 1.29 is 0 Å². The van der Waals surface area contributed by atoms with Crippen molar-refractivity contribution in [2.24, 2.45) is 0 Å². The zero-order chi connectivity index (χ0) is 13.4. The molecule has 0 fully saturated rings. The predicted octanol–water partition coefficient (Wildman–Crippen LogP) is 3.29. The van der Waals surface area contributed by atoms with E-state index >= 15 is 0 Å². The molecule has 0 heterocycles. The van der Waals surface area contributed by atoms with E-state index in [1.165, 1.54) is 29.0 Å². The van der Waals surface area contributed by atoms with E-state index in [-0.39, 0.29) is 0 Å². The highest BCUT2D eigenvalue weighted by atomic mass is 32.2. The lowest BCUT2D eigenvalue weighted by molar-refractivity contribution is 0.674. The van der Waals surface area contributed by atoms with Crippen molar-refractivity contribution in [1.29, 1.82) is 0 Å². The molecule has 0 saturated carbocycles. The second-order valence-electron chi connectivity index (χ2n) is 4.72. The lowest BCUT2D eigenvalue weighted by atomic mass is 10.1. The molecule has 1 aromatic carbocycles. The Morgan fingerprint density at radius 1 is 1.33 bits per heavy atom.